The maximum absolute atomic E-state index is 8.95. The van der Waals surface area contributed by atoms with E-state index >= 15 is 0 Å². The molecule has 0 unspecified atom stereocenters. The topological polar surface area (TPSA) is 66.9 Å². The molecular formula is C13H9N5. The third-order valence-corrected chi connectivity index (χ3v) is 2.66. The predicted molar refractivity (Wildman–Crippen MR) is 64.7 cm³/mol. The summed E-state index contributed by atoms with van der Waals surface area (Å²) in [5, 5.41) is 13.0. The Morgan fingerprint density at radius 3 is 2.83 bits per heavy atom. The second-order valence-electron chi connectivity index (χ2n) is 3.88. The molecule has 18 heavy (non-hydrogen) atoms. The smallest absolute Gasteiger partial charge is 0.177 e. The zero-order chi connectivity index (χ0) is 12.4. The molecule has 0 spiro atoms. The first kappa shape index (κ1) is 10.4. The van der Waals surface area contributed by atoms with Gasteiger partial charge in [-0.05, 0) is 5.56 Å². The van der Waals surface area contributed by atoms with Crippen LogP contribution in [0.15, 0.2) is 42.9 Å². The van der Waals surface area contributed by atoms with Gasteiger partial charge in [0, 0.05) is 6.42 Å². The van der Waals surface area contributed by atoms with Gasteiger partial charge in [0.05, 0.1) is 11.9 Å². The van der Waals surface area contributed by atoms with Crippen molar-refractivity contribution in [3.05, 3.63) is 59.8 Å². The zero-order valence-corrected chi connectivity index (χ0v) is 9.48. The molecule has 0 saturated heterocycles. The Balaban J connectivity index is 2.11. The van der Waals surface area contributed by atoms with Crippen molar-refractivity contribution >= 4 is 5.65 Å². The molecular weight excluding hydrogens is 226 g/mol. The van der Waals surface area contributed by atoms with Crippen LogP contribution in [0.4, 0.5) is 0 Å². The van der Waals surface area contributed by atoms with Crippen LogP contribution in [0.5, 0.6) is 0 Å². The summed E-state index contributed by atoms with van der Waals surface area (Å²) >= 11 is 0. The first-order chi connectivity index (χ1) is 8.86. The minimum absolute atomic E-state index is 0.346. The summed E-state index contributed by atoms with van der Waals surface area (Å²) in [7, 11) is 0. The average Bonchev–Trinajstić information content (AvgIpc) is 2.88. The van der Waals surface area contributed by atoms with Gasteiger partial charge in [-0.2, -0.15) is 10.4 Å². The Morgan fingerprint density at radius 2 is 2.06 bits per heavy atom. The fourth-order valence-corrected chi connectivity index (χ4v) is 1.85. The van der Waals surface area contributed by atoms with E-state index in [1.807, 2.05) is 36.4 Å². The SMILES string of the molecule is N#Cc1cn2ncnc2c(Cc2ccccc2)n1. The van der Waals surface area contributed by atoms with Crippen molar-refractivity contribution in [2.45, 2.75) is 6.42 Å². The number of fused-ring (bicyclic) bond motifs is 1. The molecule has 86 valence electrons. The zero-order valence-electron chi connectivity index (χ0n) is 9.48. The molecule has 0 fully saturated rings. The number of nitrogens with zero attached hydrogens (tertiary/aromatic N) is 5. The van der Waals surface area contributed by atoms with Gasteiger partial charge in [-0.3, -0.25) is 0 Å². The summed E-state index contributed by atoms with van der Waals surface area (Å²) in [5.41, 5.74) is 2.93. The Hall–Kier alpha value is -2.74. The number of hydrogen-bond donors (Lipinski definition) is 0. The highest BCUT2D eigenvalue weighted by atomic mass is 15.3. The van der Waals surface area contributed by atoms with E-state index in [2.05, 4.69) is 15.1 Å². The van der Waals surface area contributed by atoms with E-state index in [9.17, 15) is 0 Å². The van der Waals surface area contributed by atoms with E-state index in [1.165, 1.54) is 6.33 Å². The van der Waals surface area contributed by atoms with Crippen molar-refractivity contribution in [3.8, 4) is 6.07 Å². The highest BCUT2D eigenvalue weighted by Crippen LogP contribution is 2.12. The second-order valence-corrected chi connectivity index (χ2v) is 3.88. The fourth-order valence-electron chi connectivity index (χ4n) is 1.85. The summed E-state index contributed by atoms with van der Waals surface area (Å²) < 4.78 is 1.59. The molecule has 0 atom stereocenters. The predicted octanol–water partition coefficient (Wildman–Crippen LogP) is 1.59. The van der Waals surface area contributed by atoms with Crippen molar-refractivity contribution in [1.29, 1.82) is 5.26 Å². The molecule has 2 aromatic heterocycles. The van der Waals surface area contributed by atoms with Gasteiger partial charge in [-0.15, -0.1) is 0 Å². The number of nitriles is 1. The number of aromatic nitrogens is 4. The maximum Gasteiger partial charge on any atom is 0.177 e. The fraction of sp³-hybridized carbons (Fsp3) is 0.0769. The Kier molecular flexibility index (Phi) is 2.47. The summed E-state index contributed by atoms with van der Waals surface area (Å²) in [4.78, 5) is 8.47. The van der Waals surface area contributed by atoms with Gasteiger partial charge in [0.2, 0.25) is 0 Å². The van der Waals surface area contributed by atoms with Crippen LogP contribution in [0.3, 0.4) is 0 Å². The van der Waals surface area contributed by atoms with Gasteiger partial charge < -0.3 is 0 Å². The number of rotatable bonds is 2. The van der Waals surface area contributed by atoms with Crippen molar-refractivity contribution in [1.82, 2.24) is 19.6 Å². The van der Waals surface area contributed by atoms with Gasteiger partial charge >= 0.3 is 0 Å². The Morgan fingerprint density at radius 1 is 1.22 bits per heavy atom. The molecule has 0 saturated carbocycles. The molecule has 0 aliphatic heterocycles. The van der Waals surface area contributed by atoms with Gasteiger partial charge in [-0.1, -0.05) is 30.3 Å². The number of benzene rings is 1. The van der Waals surface area contributed by atoms with Crippen molar-refractivity contribution in [2.24, 2.45) is 0 Å². The normalized spacial score (nSPS) is 10.4. The van der Waals surface area contributed by atoms with E-state index in [0.717, 1.165) is 11.3 Å². The molecule has 0 radical (unpaired) electrons. The van der Waals surface area contributed by atoms with Crippen molar-refractivity contribution in [2.75, 3.05) is 0 Å². The quantitative estimate of drug-likeness (QED) is 0.676. The largest absolute Gasteiger partial charge is 0.236 e. The van der Waals surface area contributed by atoms with E-state index < -0.39 is 0 Å². The lowest BCUT2D eigenvalue weighted by Gasteiger charge is -2.03. The summed E-state index contributed by atoms with van der Waals surface area (Å²) in [6.07, 6.45) is 3.68. The van der Waals surface area contributed by atoms with E-state index in [-0.39, 0.29) is 0 Å². The maximum atomic E-state index is 8.95. The second kappa shape index (κ2) is 4.26. The van der Waals surface area contributed by atoms with Crippen LogP contribution >= 0.6 is 0 Å². The molecule has 3 rings (SSSR count). The molecule has 0 N–H and O–H groups in total. The van der Waals surface area contributed by atoms with Crippen LogP contribution in [-0.4, -0.2) is 19.6 Å². The monoisotopic (exact) mass is 235 g/mol. The van der Waals surface area contributed by atoms with E-state index in [0.29, 0.717) is 17.8 Å². The summed E-state index contributed by atoms with van der Waals surface area (Å²) in [6, 6.07) is 12.0. The Bertz CT molecular complexity index is 724. The minimum Gasteiger partial charge on any atom is -0.236 e. The summed E-state index contributed by atoms with van der Waals surface area (Å²) in [6.45, 7) is 0. The molecule has 5 nitrogen and oxygen atoms in total. The van der Waals surface area contributed by atoms with Crippen LogP contribution in [0.25, 0.3) is 5.65 Å². The van der Waals surface area contributed by atoms with E-state index in [4.69, 9.17) is 5.26 Å². The molecule has 1 aromatic carbocycles. The van der Waals surface area contributed by atoms with Gasteiger partial charge in [-0.25, -0.2) is 14.5 Å². The number of hydrogen-bond acceptors (Lipinski definition) is 4. The third-order valence-electron chi connectivity index (χ3n) is 2.66. The average molecular weight is 235 g/mol. The van der Waals surface area contributed by atoms with Crippen molar-refractivity contribution < 1.29 is 0 Å². The van der Waals surface area contributed by atoms with Gasteiger partial charge in [0.25, 0.3) is 0 Å². The lowest BCUT2D eigenvalue weighted by Crippen LogP contribution is -2.01. The lowest BCUT2D eigenvalue weighted by molar-refractivity contribution is 0.912. The Labute approximate surface area is 103 Å². The molecule has 5 heteroatoms. The minimum atomic E-state index is 0.346. The van der Waals surface area contributed by atoms with E-state index in [1.54, 1.807) is 10.7 Å². The van der Waals surface area contributed by atoms with Crippen LogP contribution < -0.4 is 0 Å². The highest BCUT2D eigenvalue weighted by molar-refractivity contribution is 5.46. The molecule has 0 aliphatic carbocycles. The van der Waals surface area contributed by atoms with Crippen molar-refractivity contribution in [3.63, 3.8) is 0 Å². The van der Waals surface area contributed by atoms with Gasteiger partial charge in [0.15, 0.2) is 11.3 Å². The molecule has 0 bridgehead atoms. The molecule has 2 heterocycles. The first-order valence-electron chi connectivity index (χ1n) is 5.50. The highest BCUT2D eigenvalue weighted by Gasteiger charge is 2.08. The van der Waals surface area contributed by atoms with Crippen LogP contribution in [0.2, 0.25) is 0 Å². The molecule has 3 aromatic rings. The molecule has 0 aliphatic rings. The summed E-state index contributed by atoms with van der Waals surface area (Å²) in [5.74, 6) is 0. The van der Waals surface area contributed by atoms with Crippen LogP contribution in [0.1, 0.15) is 17.0 Å². The first-order valence-corrected chi connectivity index (χ1v) is 5.50. The molecule has 0 amide bonds. The van der Waals surface area contributed by atoms with Crippen LogP contribution in [0, 0.1) is 11.3 Å². The van der Waals surface area contributed by atoms with Crippen LogP contribution in [-0.2, 0) is 6.42 Å². The lowest BCUT2D eigenvalue weighted by atomic mass is 10.1. The third kappa shape index (κ3) is 1.80. The standard InChI is InChI=1S/C13H9N5/c14-7-11-8-18-13(15-9-16-18)12(17-11)6-10-4-2-1-3-5-10/h1-5,8-9H,6H2. The van der Waals surface area contributed by atoms with Gasteiger partial charge in [0.1, 0.15) is 12.4 Å².